The van der Waals surface area contributed by atoms with E-state index in [1.54, 1.807) is 11.8 Å². The number of rotatable bonds is 5. The second-order valence-electron chi connectivity index (χ2n) is 8.20. The molecule has 0 radical (unpaired) electrons. The van der Waals surface area contributed by atoms with Crippen LogP contribution in [0, 0.1) is 5.92 Å². The Kier molecular flexibility index (Phi) is 5.95. The zero-order valence-electron chi connectivity index (χ0n) is 17.1. The lowest BCUT2D eigenvalue weighted by Crippen LogP contribution is -2.30. The van der Waals surface area contributed by atoms with E-state index in [0.717, 1.165) is 42.6 Å². The molecule has 2 amide bonds. The lowest BCUT2D eigenvalue weighted by atomic mass is 9.99. The fraction of sp³-hybridized carbons (Fsp3) is 0.417. The Morgan fingerprint density at radius 2 is 1.76 bits per heavy atom. The van der Waals surface area contributed by atoms with Crippen LogP contribution >= 0.6 is 11.8 Å². The fourth-order valence-electron chi connectivity index (χ4n) is 4.36. The van der Waals surface area contributed by atoms with Crippen molar-refractivity contribution in [2.45, 2.75) is 50.8 Å². The normalized spacial score (nSPS) is 19.9. The van der Waals surface area contributed by atoms with Crippen LogP contribution in [-0.4, -0.2) is 17.6 Å². The molecule has 1 heterocycles. The van der Waals surface area contributed by atoms with Crippen LogP contribution in [0.2, 0.25) is 0 Å². The number of nitrogens with one attached hydrogen (secondary N) is 1. The Morgan fingerprint density at radius 1 is 1.07 bits per heavy atom. The largest absolute Gasteiger partial charge is 0.325 e. The van der Waals surface area contributed by atoms with Crippen molar-refractivity contribution >= 4 is 35.0 Å². The van der Waals surface area contributed by atoms with Gasteiger partial charge in [-0.15, -0.1) is 11.8 Å². The van der Waals surface area contributed by atoms with Gasteiger partial charge in [-0.05, 0) is 36.5 Å². The minimum atomic E-state index is -0.137. The molecule has 1 saturated carbocycles. The van der Waals surface area contributed by atoms with Gasteiger partial charge >= 0.3 is 0 Å². The number of nitrogens with zero attached hydrogens (tertiary/aromatic N) is 1. The third-order valence-electron chi connectivity index (χ3n) is 5.90. The molecular formula is C24H28N2O2S. The van der Waals surface area contributed by atoms with E-state index < -0.39 is 0 Å². The van der Waals surface area contributed by atoms with Gasteiger partial charge in [-0.3, -0.25) is 14.5 Å². The summed E-state index contributed by atoms with van der Waals surface area (Å²) in [5, 5.41) is 3.03. The Balaban J connectivity index is 1.67. The van der Waals surface area contributed by atoms with Crippen LogP contribution in [0.15, 0.2) is 48.5 Å². The van der Waals surface area contributed by atoms with Crippen molar-refractivity contribution in [3.8, 4) is 0 Å². The molecule has 29 heavy (non-hydrogen) atoms. The molecule has 1 saturated heterocycles. The molecule has 1 aliphatic carbocycles. The van der Waals surface area contributed by atoms with Crippen LogP contribution in [-0.2, 0) is 9.59 Å². The van der Waals surface area contributed by atoms with Gasteiger partial charge in [0.2, 0.25) is 11.8 Å². The zero-order valence-corrected chi connectivity index (χ0v) is 17.9. The summed E-state index contributed by atoms with van der Waals surface area (Å²) in [6.45, 7) is 4.30. The average molecular weight is 409 g/mol. The number of carbonyl (C=O) groups is 2. The average Bonchev–Trinajstić information content (AvgIpc) is 3.38. The van der Waals surface area contributed by atoms with E-state index in [4.69, 9.17) is 0 Å². The van der Waals surface area contributed by atoms with Crippen molar-refractivity contribution in [2.24, 2.45) is 5.92 Å². The highest BCUT2D eigenvalue weighted by atomic mass is 32.2. The highest BCUT2D eigenvalue weighted by molar-refractivity contribution is 8.00. The van der Waals surface area contributed by atoms with Crippen molar-refractivity contribution in [2.75, 3.05) is 16.0 Å². The van der Waals surface area contributed by atoms with E-state index in [9.17, 15) is 9.59 Å². The van der Waals surface area contributed by atoms with Gasteiger partial charge in [0.05, 0.1) is 5.75 Å². The maximum absolute atomic E-state index is 12.9. The molecular weight excluding hydrogens is 380 g/mol. The van der Waals surface area contributed by atoms with Crippen LogP contribution < -0.4 is 10.2 Å². The molecule has 0 unspecified atom stereocenters. The summed E-state index contributed by atoms with van der Waals surface area (Å²) in [7, 11) is 0. The minimum Gasteiger partial charge on any atom is -0.325 e. The fourth-order valence-corrected chi connectivity index (χ4v) is 5.56. The molecule has 0 spiro atoms. The zero-order chi connectivity index (χ0) is 20.4. The number of anilines is 2. The lowest BCUT2D eigenvalue weighted by Gasteiger charge is -2.29. The van der Waals surface area contributed by atoms with Gasteiger partial charge < -0.3 is 5.32 Å². The Labute approximate surface area is 177 Å². The second-order valence-corrected chi connectivity index (χ2v) is 9.27. The van der Waals surface area contributed by atoms with Crippen molar-refractivity contribution in [1.29, 1.82) is 0 Å². The molecule has 5 heteroatoms. The van der Waals surface area contributed by atoms with E-state index in [1.165, 1.54) is 5.56 Å². The molecule has 1 aliphatic heterocycles. The number of carbonyl (C=O) groups excluding carboxylic acids is 2. The maximum Gasteiger partial charge on any atom is 0.238 e. The molecule has 2 aromatic carbocycles. The molecule has 2 fully saturated rings. The quantitative estimate of drug-likeness (QED) is 0.689. The predicted octanol–water partition coefficient (Wildman–Crippen LogP) is 5.72. The smallest absolute Gasteiger partial charge is 0.238 e. The highest BCUT2D eigenvalue weighted by Crippen LogP contribution is 2.46. The van der Waals surface area contributed by atoms with Gasteiger partial charge in [-0.2, -0.15) is 0 Å². The van der Waals surface area contributed by atoms with Gasteiger partial charge in [0.15, 0.2) is 0 Å². The van der Waals surface area contributed by atoms with Crippen molar-refractivity contribution in [3.63, 3.8) is 0 Å². The van der Waals surface area contributed by atoms with E-state index in [0.29, 0.717) is 11.7 Å². The number of amides is 2. The first-order chi connectivity index (χ1) is 14.1. The Hall–Kier alpha value is -2.27. The molecule has 4 nitrogen and oxygen atoms in total. The van der Waals surface area contributed by atoms with Crippen molar-refractivity contribution in [3.05, 3.63) is 59.7 Å². The summed E-state index contributed by atoms with van der Waals surface area (Å²) in [6.07, 6.45) is 4.20. The van der Waals surface area contributed by atoms with E-state index in [1.807, 2.05) is 47.4 Å². The number of hydrogen-bond acceptors (Lipinski definition) is 3. The summed E-state index contributed by atoms with van der Waals surface area (Å²) in [6, 6.07) is 16.1. The lowest BCUT2D eigenvalue weighted by molar-refractivity contribution is -0.119. The maximum atomic E-state index is 12.9. The predicted molar refractivity (Wildman–Crippen MR) is 120 cm³/mol. The van der Waals surface area contributed by atoms with Crippen LogP contribution in [0.4, 0.5) is 11.4 Å². The van der Waals surface area contributed by atoms with Gasteiger partial charge in [0, 0.05) is 22.9 Å². The van der Waals surface area contributed by atoms with E-state index in [2.05, 4.69) is 25.2 Å². The molecule has 2 aromatic rings. The number of hydrogen-bond donors (Lipinski definition) is 1. The number of para-hydroxylation sites is 2. The van der Waals surface area contributed by atoms with Crippen molar-refractivity contribution < 1.29 is 9.59 Å². The van der Waals surface area contributed by atoms with Gasteiger partial charge in [-0.25, -0.2) is 0 Å². The third kappa shape index (κ3) is 4.06. The van der Waals surface area contributed by atoms with Crippen LogP contribution in [0.1, 0.15) is 61.9 Å². The summed E-state index contributed by atoms with van der Waals surface area (Å²) in [5.41, 5.74) is 3.96. The van der Waals surface area contributed by atoms with Crippen LogP contribution in [0.5, 0.6) is 0 Å². The van der Waals surface area contributed by atoms with Crippen molar-refractivity contribution in [1.82, 2.24) is 0 Å². The number of benzene rings is 2. The van der Waals surface area contributed by atoms with Gasteiger partial charge in [-0.1, -0.05) is 63.1 Å². The molecule has 152 valence electrons. The van der Waals surface area contributed by atoms with E-state index >= 15 is 0 Å². The molecule has 1 atom stereocenters. The molecule has 1 N–H and O–H groups in total. The summed E-state index contributed by atoms with van der Waals surface area (Å²) in [5.74, 6) is 1.10. The first-order valence-corrected chi connectivity index (χ1v) is 11.5. The standard InChI is InChI=1S/C24H28N2O2S/c1-16(2)18-11-6-8-14-21(18)26-22(27)15-29-24(26)19-12-5-7-13-20(19)25-23(28)17-9-3-4-10-17/h5-8,11-14,16-17,24H,3-4,9-10,15H2,1-2H3,(H,25,28)/t24-/m1/s1. The monoisotopic (exact) mass is 408 g/mol. The third-order valence-corrected chi connectivity index (χ3v) is 7.09. The first-order valence-electron chi connectivity index (χ1n) is 10.5. The van der Waals surface area contributed by atoms with Crippen LogP contribution in [0.3, 0.4) is 0 Å². The molecule has 4 rings (SSSR count). The summed E-state index contributed by atoms with van der Waals surface area (Å²) >= 11 is 1.63. The summed E-state index contributed by atoms with van der Waals surface area (Å²) < 4.78 is 0. The Bertz CT molecular complexity index is 905. The SMILES string of the molecule is CC(C)c1ccccc1N1C(=O)CS[C@@H]1c1ccccc1NC(=O)C1CCCC1. The van der Waals surface area contributed by atoms with Gasteiger partial charge in [0.1, 0.15) is 5.37 Å². The van der Waals surface area contributed by atoms with Gasteiger partial charge in [0.25, 0.3) is 0 Å². The molecule has 0 aromatic heterocycles. The number of thioether (sulfide) groups is 1. The first kappa shape index (κ1) is 20.0. The summed E-state index contributed by atoms with van der Waals surface area (Å²) in [4.78, 5) is 27.6. The topological polar surface area (TPSA) is 49.4 Å². The van der Waals surface area contributed by atoms with E-state index in [-0.39, 0.29) is 23.1 Å². The minimum absolute atomic E-state index is 0.110. The van der Waals surface area contributed by atoms with Crippen LogP contribution in [0.25, 0.3) is 0 Å². The Morgan fingerprint density at radius 3 is 2.52 bits per heavy atom. The molecule has 2 aliphatic rings. The second kappa shape index (κ2) is 8.62. The highest BCUT2D eigenvalue weighted by Gasteiger charge is 2.37. The molecule has 0 bridgehead atoms.